The molecule has 0 unspecified atom stereocenters. The third-order valence-corrected chi connectivity index (χ3v) is 4.92. The monoisotopic (exact) mass is 347 g/mol. The number of nitrogens with zero attached hydrogens (tertiary/aromatic N) is 4. The van der Waals surface area contributed by atoms with Gasteiger partial charge in [0, 0.05) is 35.5 Å². The van der Waals surface area contributed by atoms with Crippen molar-refractivity contribution in [3.8, 4) is 11.3 Å². The number of rotatable bonds is 3. The lowest BCUT2D eigenvalue weighted by molar-refractivity contribution is -0.121. The number of hydrogen-bond donors (Lipinski definition) is 1. The van der Waals surface area contributed by atoms with Gasteiger partial charge in [-0.25, -0.2) is 4.98 Å². The van der Waals surface area contributed by atoms with Gasteiger partial charge in [0.2, 0.25) is 5.91 Å². The molecule has 1 fully saturated rings. The smallest absolute Gasteiger partial charge is 0.228 e. The van der Waals surface area contributed by atoms with E-state index < -0.39 is 0 Å². The number of anilines is 1. The molecule has 6 heteroatoms. The first kappa shape index (κ1) is 16.6. The predicted molar refractivity (Wildman–Crippen MR) is 102 cm³/mol. The second kappa shape index (κ2) is 7.17. The molecule has 1 aliphatic rings. The molecule has 1 aliphatic heterocycles. The minimum Gasteiger partial charge on any atom is -0.310 e. The molecule has 6 nitrogen and oxygen atoms in total. The largest absolute Gasteiger partial charge is 0.310 e. The van der Waals surface area contributed by atoms with Gasteiger partial charge in [-0.3, -0.25) is 14.8 Å². The Balaban J connectivity index is 1.55. The summed E-state index contributed by atoms with van der Waals surface area (Å²) in [5.74, 6) is 0.724. The second-order valence-corrected chi connectivity index (χ2v) is 6.79. The maximum absolute atomic E-state index is 12.5. The van der Waals surface area contributed by atoms with Gasteiger partial charge in [0.25, 0.3) is 0 Å². The molecule has 0 radical (unpaired) electrons. The third-order valence-electron chi connectivity index (χ3n) is 4.92. The van der Waals surface area contributed by atoms with Crippen LogP contribution >= 0.6 is 0 Å². The van der Waals surface area contributed by atoms with Crippen molar-refractivity contribution in [1.82, 2.24) is 19.9 Å². The molecule has 0 atom stereocenters. The van der Waals surface area contributed by atoms with Crippen LogP contribution in [0.2, 0.25) is 0 Å². The van der Waals surface area contributed by atoms with Crippen LogP contribution in [0.3, 0.4) is 0 Å². The van der Waals surface area contributed by atoms with Crippen LogP contribution in [-0.4, -0.2) is 45.9 Å². The summed E-state index contributed by atoms with van der Waals surface area (Å²) in [6, 6.07) is 7.98. The zero-order valence-corrected chi connectivity index (χ0v) is 14.7. The van der Waals surface area contributed by atoms with Crippen LogP contribution < -0.4 is 5.32 Å². The molecule has 4 rings (SSSR count). The van der Waals surface area contributed by atoms with Crippen LogP contribution in [-0.2, 0) is 4.79 Å². The zero-order valence-electron chi connectivity index (χ0n) is 14.7. The summed E-state index contributed by atoms with van der Waals surface area (Å²) in [6.45, 7) is 1.93. The van der Waals surface area contributed by atoms with Crippen LogP contribution in [0.25, 0.3) is 22.0 Å². The van der Waals surface area contributed by atoms with Gasteiger partial charge in [0.05, 0.1) is 11.9 Å². The molecule has 1 amide bonds. The summed E-state index contributed by atoms with van der Waals surface area (Å²) >= 11 is 0. The Morgan fingerprint density at radius 3 is 2.69 bits per heavy atom. The summed E-state index contributed by atoms with van der Waals surface area (Å²) in [4.78, 5) is 27.6. The van der Waals surface area contributed by atoms with E-state index in [-0.39, 0.29) is 11.8 Å². The van der Waals surface area contributed by atoms with E-state index in [2.05, 4.69) is 32.2 Å². The van der Waals surface area contributed by atoms with E-state index in [1.165, 1.54) is 0 Å². The molecule has 1 saturated heterocycles. The average molecular weight is 347 g/mol. The summed E-state index contributed by atoms with van der Waals surface area (Å²) in [7, 11) is 2.09. The van der Waals surface area contributed by atoms with Crippen molar-refractivity contribution in [3.05, 3.63) is 49.1 Å². The van der Waals surface area contributed by atoms with E-state index in [9.17, 15) is 4.79 Å². The molecule has 2 aromatic heterocycles. The lowest BCUT2D eigenvalue weighted by atomic mass is 9.96. The molecular formula is C20H21N5O. The fourth-order valence-electron chi connectivity index (χ4n) is 3.32. The molecule has 0 spiro atoms. The van der Waals surface area contributed by atoms with Gasteiger partial charge in [0.15, 0.2) is 0 Å². The fourth-order valence-corrected chi connectivity index (χ4v) is 3.32. The standard InChI is InChI=1S/C20H21N5O/c1-25-8-4-14(5-9-25)20(26)24-19-11-17-10-15(2-3-16(17)12-23-19)18-13-21-6-7-22-18/h2-3,6-7,10-14H,4-5,8-9H2,1H3,(H,23,24,26). The minimum absolute atomic E-state index is 0.0645. The van der Waals surface area contributed by atoms with E-state index in [1.54, 1.807) is 24.8 Å². The van der Waals surface area contributed by atoms with E-state index in [1.807, 2.05) is 24.3 Å². The van der Waals surface area contributed by atoms with Crippen molar-refractivity contribution in [2.45, 2.75) is 12.8 Å². The molecule has 132 valence electrons. The lowest BCUT2D eigenvalue weighted by Gasteiger charge is -2.27. The second-order valence-electron chi connectivity index (χ2n) is 6.79. The molecular weight excluding hydrogens is 326 g/mol. The highest BCUT2D eigenvalue weighted by Crippen LogP contribution is 2.24. The van der Waals surface area contributed by atoms with Crippen molar-refractivity contribution < 1.29 is 4.79 Å². The number of nitrogens with one attached hydrogen (secondary N) is 1. The Morgan fingerprint density at radius 1 is 1.08 bits per heavy atom. The number of carbonyl (C=O) groups excluding carboxylic acids is 1. The fraction of sp³-hybridized carbons (Fsp3) is 0.300. The molecule has 0 saturated carbocycles. The minimum atomic E-state index is 0.0645. The van der Waals surface area contributed by atoms with Crippen molar-refractivity contribution in [2.75, 3.05) is 25.5 Å². The topological polar surface area (TPSA) is 71.0 Å². The first-order valence-corrected chi connectivity index (χ1v) is 8.85. The van der Waals surface area contributed by atoms with Crippen LogP contribution in [0.15, 0.2) is 49.1 Å². The molecule has 1 aromatic carbocycles. The molecule has 0 aliphatic carbocycles. The zero-order chi connectivity index (χ0) is 17.9. The summed E-state index contributed by atoms with van der Waals surface area (Å²) in [6.07, 6.45) is 8.66. The predicted octanol–water partition coefficient (Wildman–Crippen LogP) is 2.97. The number of carbonyl (C=O) groups is 1. The summed E-state index contributed by atoms with van der Waals surface area (Å²) < 4.78 is 0. The highest BCUT2D eigenvalue weighted by Gasteiger charge is 2.23. The van der Waals surface area contributed by atoms with Crippen LogP contribution in [0.5, 0.6) is 0 Å². The SMILES string of the molecule is CN1CCC(C(=O)Nc2cc3cc(-c4cnccn4)ccc3cn2)CC1. The summed E-state index contributed by atoms with van der Waals surface area (Å²) in [5, 5.41) is 5.02. The highest BCUT2D eigenvalue weighted by molar-refractivity contribution is 5.95. The van der Waals surface area contributed by atoms with E-state index in [0.717, 1.165) is 48.0 Å². The Bertz CT molecular complexity index is 920. The van der Waals surface area contributed by atoms with E-state index in [4.69, 9.17) is 0 Å². The number of amides is 1. The van der Waals surface area contributed by atoms with Gasteiger partial charge < -0.3 is 10.2 Å². The Hall–Kier alpha value is -2.86. The van der Waals surface area contributed by atoms with Gasteiger partial charge >= 0.3 is 0 Å². The van der Waals surface area contributed by atoms with Crippen LogP contribution in [0.1, 0.15) is 12.8 Å². The first-order valence-electron chi connectivity index (χ1n) is 8.85. The molecule has 0 bridgehead atoms. The first-order chi connectivity index (χ1) is 12.7. The Labute approximate surface area is 152 Å². The van der Waals surface area contributed by atoms with Gasteiger partial charge in [-0.15, -0.1) is 0 Å². The van der Waals surface area contributed by atoms with Crippen molar-refractivity contribution in [3.63, 3.8) is 0 Å². The number of benzene rings is 1. The Morgan fingerprint density at radius 2 is 1.92 bits per heavy atom. The van der Waals surface area contributed by atoms with Gasteiger partial charge in [0.1, 0.15) is 5.82 Å². The van der Waals surface area contributed by atoms with Crippen LogP contribution in [0.4, 0.5) is 5.82 Å². The number of likely N-dealkylation sites (tertiary alicyclic amines) is 1. The van der Waals surface area contributed by atoms with Gasteiger partial charge in [-0.2, -0.15) is 0 Å². The molecule has 3 aromatic rings. The van der Waals surface area contributed by atoms with E-state index >= 15 is 0 Å². The number of piperidine rings is 1. The molecule has 26 heavy (non-hydrogen) atoms. The number of aromatic nitrogens is 3. The normalized spacial score (nSPS) is 15.9. The average Bonchev–Trinajstić information content (AvgIpc) is 2.68. The van der Waals surface area contributed by atoms with Crippen molar-refractivity contribution >= 4 is 22.5 Å². The maximum Gasteiger partial charge on any atom is 0.228 e. The quantitative estimate of drug-likeness (QED) is 0.789. The van der Waals surface area contributed by atoms with Crippen molar-refractivity contribution in [2.24, 2.45) is 5.92 Å². The van der Waals surface area contributed by atoms with Gasteiger partial charge in [-0.1, -0.05) is 12.1 Å². The molecule has 3 heterocycles. The molecule has 1 N–H and O–H groups in total. The summed E-state index contributed by atoms with van der Waals surface area (Å²) in [5.41, 5.74) is 1.81. The number of fused-ring (bicyclic) bond motifs is 1. The Kier molecular flexibility index (Phi) is 4.58. The number of hydrogen-bond acceptors (Lipinski definition) is 5. The lowest BCUT2D eigenvalue weighted by Crippen LogP contribution is -2.36. The van der Waals surface area contributed by atoms with Crippen molar-refractivity contribution in [1.29, 1.82) is 0 Å². The van der Waals surface area contributed by atoms with Gasteiger partial charge in [-0.05, 0) is 50.5 Å². The third kappa shape index (κ3) is 3.55. The van der Waals surface area contributed by atoms with Crippen LogP contribution in [0, 0.1) is 5.92 Å². The van der Waals surface area contributed by atoms with E-state index in [0.29, 0.717) is 5.82 Å². The highest BCUT2D eigenvalue weighted by atomic mass is 16.1. The number of pyridine rings is 1. The maximum atomic E-state index is 12.5.